The number of aryl methyl sites for hydroxylation is 2. The lowest BCUT2D eigenvalue weighted by molar-refractivity contribution is 0.541. The summed E-state index contributed by atoms with van der Waals surface area (Å²) < 4.78 is 40.8. The van der Waals surface area contributed by atoms with Gasteiger partial charge in [0.2, 0.25) is 10.0 Å². The van der Waals surface area contributed by atoms with E-state index < -0.39 is 15.8 Å². The molecule has 25 heavy (non-hydrogen) atoms. The predicted molar refractivity (Wildman–Crippen MR) is 97.8 cm³/mol. The molecule has 2 aromatic carbocycles. The molecule has 134 valence electrons. The highest BCUT2D eigenvalue weighted by Gasteiger charge is 2.25. The second-order valence-corrected chi connectivity index (χ2v) is 8.44. The standard InChI is InChI=1S/C19H23FN2O2S/c1-14-4-3-5-18(10-14)22-9-8-16(13-22)12-21-25(23,24)19-7-6-17(20)11-15(19)2/h3-7,10-11,16,21H,8-9,12-13H2,1-2H3. The Morgan fingerprint density at radius 2 is 2.00 bits per heavy atom. The SMILES string of the molecule is Cc1cccc(N2CCC(CNS(=O)(=O)c3ccc(F)cc3C)C2)c1. The van der Waals surface area contributed by atoms with Crippen LogP contribution in [-0.4, -0.2) is 28.1 Å². The maximum Gasteiger partial charge on any atom is 0.240 e. The Kier molecular flexibility index (Phi) is 5.11. The minimum Gasteiger partial charge on any atom is -0.371 e. The summed E-state index contributed by atoms with van der Waals surface area (Å²) in [6, 6.07) is 12.1. The first kappa shape index (κ1) is 17.9. The van der Waals surface area contributed by atoms with Crippen LogP contribution in [0.3, 0.4) is 0 Å². The first-order valence-electron chi connectivity index (χ1n) is 8.42. The van der Waals surface area contributed by atoms with Crippen molar-refractivity contribution in [2.75, 3.05) is 24.5 Å². The normalized spacial score (nSPS) is 17.9. The van der Waals surface area contributed by atoms with Crippen molar-refractivity contribution in [2.24, 2.45) is 5.92 Å². The van der Waals surface area contributed by atoms with Crippen LogP contribution in [0.15, 0.2) is 47.4 Å². The Morgan fingerprint density at radius 1 is 1.20 bits per heavy atom. The topological polar surface area (TPSA) is 49.4 Å². The van der Waals surface area contributed by atoms with Crippen molar-refractivity contribution in [3.05, 3.63) is 59.4 Å². The zero-order valence-corrected chi connectivity index (χ0v) is 15.3. The fourth-order valence-corrected chi connectivity index (χ4v) is 4.62. The molecule has 1 saturated heterocycles. The third-order valence-corrected chi connectivity index (χ3v) is 6.22. The molecular formula is C19H23FN2O2S. The van der Waals surface area contributed by atoms with Crippen molar-refractivity contribution in [1.82, 2.24) is 4.72 Å². The Labute approximate surface area is 148 Å². The summed E-state index contributed by atoms with van der Waals surface area (Å²) in [6.45, 7) is 5.81. The number of nitrogens with one attached hydrogen (secondary N) is 1. The van der Waals surface area contributed by atoms with Crippen molar-refractivity contribution in [1.29, 1.82) is 0 Å². The van der Waals surface area contributed by atoms with Crippen molar-refractivity contribution >= 4 is 15.7 Å². The van der Waals surface area contributed by atoms with Crippen molar-refractivity contribution in [3.63, 3.8) is 0 Å². The third kappa shape index (κ3) is 4.19. The van der Waals surface area contributed by atoms with E-state index in [0.29, 0.717) is 12.1 Å². The molecule has 0 aliphatic carbocycles. The van der Waals surface area contributed by atoms with Crippen molar-refractivity contribution < 1.29 is 12.8 Å². The minimum absolute atomic E-state index is 0.141. The summed E-state index contributed by atoms with van der Waals surface area (Å²) in [7, 11) is -3.62. The van der Waals surface area contributed by atoms with Crippen LogP contribution in [0.4, 0.5) is 10.1 Å². The number of nitrogens with zero attached hydrogens (tertiary/aromatic N) is 1. The Balaban J connectivity index is 1.62. The van der Waals surface area contributed by atoms with Crippen molar-refractivity contribution in [2.45, 2.75) is 25.2 Å². The molecule has 0 amide bonds. The van der Waals surface area contributed by atoms with Gasteiger partial charge in [-0.05, 0) is 67.6 Å². The summed E-state index contributed by atoms with van der Waals surface area (Å²) in [5, 5.41) is 0. The van der Waals surface area contributed by atoms with Gasteiger partial charge < -0.3 is 4.90 Å². The number of sulfonamides is 1. The van der Waals surface area contributed by atoms with Crippen LogP contribution in [0.5, 0.6) is 0 Å². The van der Waals surface area contributed by atoms with E-state index in [9.17, 15) is 12.8 Å². The Morgan fingerprint density at radius 3 is 2.72 bits per heavy atom. The summed E-state index contributed by atoms with van der Waals surface area (Å²) in [5.74, 6) is -0.169. The highest BCUT2D eigenvalue weighted by atomic mass is 32.2. The highest BCUT2D eigenvalue weighted by Crippen LogP contribution is 2.24. The molecule has 1 atom stereocenters. The highest BCUT2D eigenvalue weighted by molar-refractivity contribution is 7.89. The smallest absolute Gasteiger partial charge is 0.240 e. The maximum absolute atomic E-state index is 13.2. The molecule has 6 heteroatoms. The van der Waals surface area contributed by atoms with Gasteiger partial charge in [0.1, 0.15) is 5.82 Å². The fourth-order valence-electron chi connectivity index (χ4n) is 3.28. The molecule has 1 heterocycles. The van der Waals surface area contributed by atoms with E-state index in [1.54, 1.807) is 6.92 Å². The lowest BCUT2D eigenvalue weighted by Crippen LogP contribution is -2.31. The van der Waals surface area contributed by atoms with Gasteiger partial charge in [0, 0.05) is 25.3 Å². The number of rotatable bonds is 5. The zero-order valence-electron chi connectivity index (χ0n) is 14.5. The van der Waals surface area contributed by atoms with Gasteiger partial charge in [-0.3, -0.25) is 0 Å². The maximum atomic E-state index is 13.2. The van der Waals surface area contributed by atoms with Crippen LogP contribution < -0.4 is 9.62 Å². The molecule has 3 rings (SSSR count). The molecule has 0 saturated carbocycles. The van der Waals surface area contributed by atoms with E-state index in [1.807, 2.05) is 6.07 Å². The van der Waals surface area contributed by atoms with Crippen LogP contribution in [0.25, 0.3) is 0 Å². The van der Waals surface area contributed by atoms with E-state index in [0.717, 1.165) is 19.5 Å². The predicted octanol–water partition coefficient (Wildman–Crippen LogP) is 3.25. The van der Waals surface area contributed by atoms with Gasteiger partial charge in [0.25, 0.3) is 0 Å². The average Bonchev–Trinajstić information content (AvgIpc) is 3.02. The molecule has 1 unspecified atom stereocenters. The summed E-state index contributed by atoms with van der Waals surface area (Å²) in [5.41, 5.74) is 2.81. The molecule has 0 radical (unpaired) electrons. The molecule has 1 aliphatic heterocycles. The Bertz CT molecular complexity index is 867. The molecule has 1 aliphatic rings. The van der Waals surface area contributed by atoms with E-state index in [1.165, 1.54) is 29.4 Å². The second-order valence-electron chi connectivity index (χ2n) is 6.70. The first-order valence-corrected chi connectivity index (χ1v) is 9.91. The molecule has 2 aromatic rings. The number of hydrogen-bond acceptors (Lipinski definition) is 3. The van der Waals surface area contributed by atoms with E-state index >= 15 is 0 Å². The first-order chi connectivity index (χ1) is 11.8. The fraction of sp³-hybridized carbons (Fsp3) is 0.368. The third-order valence-electron chi connectivity index (χ3n) is 4.64. The largest absolute Gasteiger partial charge is 0.371 e. The lowest BCUT2D eigenvalue weighted by atomic mass is 10.1. The van der Waals surface area contributed by atoms with E-state index in [2.05, 4.69) is 34.7 Å². The molecule has 0 spiro atoms. The summed E-state index contributed by atoms with van der Waals surface area (Å²) in [6.07, 6.45) is 0.943. The van der Waals surface area contributed by atoms with Crippen molar-refractivity contribution in [3.8, 4) is 0 Å². The van der Waals surface area contributed by atoms with E-state index in [4.69, 9.17) is 0 Å². The van der Waals surface area contributed by atoms with Gasteiger partial charge in [-0.25, -0.2) is 17.5 Å². The van der Waals surface area contributed by atoms with Gasteiger partial charge >= 0.3 is 0 Å². The number of hydrogen-bond donors (Lipinski definition) is 1. The number of anilines is 1. The molecule has 0 bridgehead atoms. The summed E-state index contributed by atoms with van der Waals surface area (Å²) >= 11 is 0. The average molecular weight is 362 g/mol. The molecular weight excluding hydrogens is 339 g/mol. The summed E-state index contributed by atoms with van der Waals surface area (Å²) in [4.78, 5) is 2.43. The quantitative estimate of drug-likeness (QED) is 0.888. The van der Waals surface area contributed by atoms with Crippen LogP contribution in [-0.2, 0) is 10.0 Å². The molecule has 4 nitrogen and oxygen atoms in total. The molecule has 1 N–H and O–H groups in total. The van der Waals surface area contributed by atoms with Crippen LogP contribution in [0, 0.1) is 25.6 Å². The van der Waals surface area contributed by atoms with Gasteiger partial charge in [-0.2, -0.15) is 0 Å². The minimum atomic E-state index is -3.62. The Hall–Kier alpha value is -1.92. The van der Waals surface area contributed by atoms with Gasteiger partial charge in [-0.1, -0.05) is 12.1 Å². The van der Waals surface area contributed by atoms with Gasteiger partial charge in [-0.15, -0.1) is 0 Å². The van der Waals surface area contributed by atoms with Gasteiger partial charge in [0.05, 0.1) is 4.90 Å². The number of halogens is 1. The zero-order chi connectivity index (χ0) is 18.0. The number of benzene rings is 2. The van der Waals surface area contributed by atoms with Crippen LogP contribution in [0.2, 0.25) is 0 Å². The second kappa shape index (κ2) is 7.14. The lowest BCUT2D eigenvalue weighted by Gasteiger charge is -2.19. The van der Waals surface area contributed by atoms with Crippen LogP contribution >= 0.6 is 0 Å². The van der Waals surface area contributed by atoms with E-state index in [-0.39, 0.29) is 10.8 Å². The van der Waals surface area contributed by atoms with Crippen LogP contribution in [0.1, 0.15) is 17.5 Å². The van der Waals surface area contributed by atoms with Gasteiger partial charge in [0.15, 0.2) is 0 Å². The molecule has 1 fully saturated rings. The molecule has 0 aromatic heterocycles. The monoisotopic (exact) mass is 362 g/mol.